The van der Waals surface area contributed by atoms with E-state index in [0.717, 1.165) is 17.0 Å². The van der Waals surface area contributed by atoms with E-state index in [-0.39, 0.29) is 23.6 Å². The summed E-state index contributed by atoms with van der Waals surface area (Å²) in [5.41, 5.74) is 0.403. The molecule has 3 aromatic carbocycles. The lowest BCUT2D eigenvalue weighted by molar-refractivity contribution is -0.132. The van der Waals surface area contributed by atoms with E-state index < -0.39 is 35.1 Å². The van der Waals surface area contributed by atoms with Gasteiger partial charge in [0.15, 0.2) is 23.1 Å². The third-order valence-corrected chi connectivity index (χ3v) is 5.76. The van der Waals surface area contributed by atoms with E-state index in [1.165, 1.54) is 18.2 Å². The summed E-state index contributed by atoms with van der Waals surface area (Å²) < 4.78 is 43.9. The minimum absolute atomic E-state index is 0.0181. The molecule has 5 rings (SSSR count). The average Bonchev–Trinajstić information content (AvgIpc) is 3.43. The number of rotatable bonds is 5. The first-order valence-corrected chi connectivity index (χ1v) is 10.8. The fourth-order valence-electron chi connectivity index (χ4n) is 4.19. The third-order valence-electron chi connectivity index (χ3n) is 5.76. The minimum atomic E-state index is -1.18. The molecule has 0 radical (unpaired) electrons. The summed E-state index contributed by atoms with van der Waals surface area (Å²) in [6.07, 6.45) is 0. The molecule has 7 nitrogen and oxygen atoms in total. The van der Waals surface area contributed by atoms with Crippen molar-refractivity contribution < 1.29 is 37.7 Å². The molecule has 1 saturated heterocycles. The minimum Gasteiger partial charge on any atom is -0.507 e. The van der Waals surface area contributed by atoms with Crippen molar-refractivity contribution in [3.63, 3.8) is 0 Å². The lowest BCUT2D eigenvalue weighted by atomic mass is 9.95. The van der Waals surface area contributed by atoms with E-state index in [1.807, 2.05) is 0 Å². The Morgan fingerprint density at radius 2 is 1.83 bits per heavy atom. The van der Waals surface area contributed by atoms with Gasteiger partial charge in [0.2, 0.25) is 6.79 Å². The Bertz CT molecular complexity index is 1390. The van der Waals surface area contributed by atoms with Crippen LogP contribution in [0.4, 0.5) is 14.5 Å². The van der Waals surface area contributed by atoms with Gasteiger partial charge in [0.25, 0.3) is 11.7 Å². The van der Waals surface area contributed by atoms with E-state index in [4.69, 9.17) is 14.2 Å². The lowest BCUT2D eigenvalue weighted by Crippen LogP contribution is -2.29. The molecule has 3 aromatic rings. The largest absolute Gasteiger partial charge is 0.507 e. The Labute approximate surface area is 198 Å². The average molecular weight is 479 g/mol. The second-order valence-electron chi connectivity index (χ2n) is 7.84. The smallest absolute Gasteiger partial charge is 0.300 e. The van der Waals surface area contributed by atoms with E-state index in [0.29, 0.717) is 29.4 Å². The molecule has 35 heavy (non-hydrogen) atoms. The van der Waals surface area contributed by atoms with Gasteiger partial charge in [-0.3, -0.25) is 14.5 Å². The van der Waals surface area contributed by atoms with Gasteiger partial charge in [-0.2, -0.15) is 0 Å². The van der Waals surface area contributed by atoms with Gasteiger partial charge in [-0.15, -0.1) is 0 Å². The number of anilines is 1. The maximum atomic E-state index is 14.1. The first-order chi connectivity index (χ1) is 16.9. The summed E-state index contributed by atoms with van der Waals surface area (Å²) in [7, 11) is 0. The number of hydrogen-bond acceptors (Lipinski definition) is 6. The number of hydrogen-bond donors (Lipinski definition) is 1. The Morgan fingerprint density at radius 3 is 2.60 bits per heavy atom. The van der Waals surface area contributed by atoms with E-state index in [9.17, 15) is 23.5 Å². The molecule has 2 aliphatic heterocycles. The first-order valence-electron chi connectivity index (χ1n) is 10.8. The van der Waals surface area contributed by atoms with E-state index in [1.54, 1.807) is 37.3 Å². The van der Waals surface area contributed by atoms with Crippen molar-refractivity contribution in [1.29, 1.82) is 0 Å². The van der Waals surface area contributed by atoms with Crippen LogP contribution < -0.4 is 19.1 Å². The summed E-state index contributed by atoms with van der Waals surface area (Å²) in [5.74, 6) is -3.37. The predicted octanol–water partition coefficient (Wildman–Crippen LogP) is 4.72. The SMILES string of the molecule is CCOc1cccc(C2/C(=C(/O)c3ccc4c(c3)OCO4)C(=O)C(=O)N2c2ccc(F)c(F)c2)c1. The number of amides is 1. The Balaban J connectivity index is 1.71. The predicted molar refractivity (Wildman–Crippen MR) is 121 cm³/mol. The van der Waals surface area contributed by atoms with Gasteiger partial charge >= 0.3 is 0 Å². The van der Waals surface area contributed by atoms with Crippen LogP contribution in [0.1, 0.15) is 24.1 Å². The molecule has 0 aliphatic carbocycles. The molecule has 1 N–H and O–H groups in total. The van der Waals surface area contributed by atoms with E-state index in [2.05, 4.69) is 0 Å². The molecule has 1 amide bonds. The van der Waals surface area contributed by atoms with Crippen LogP contribution in [0.3, 0.4) is 0 Å². The Hall–Kier alpha value is -4.40. The molecule has 0 saturated carbocycles. The van der Waals surface area contributed by atoms with Gasteiger partial charge in [-0.05, 0) is 55.0 Å². The number of carbonyl (C=O) groups excluding carboxylic acids is 2. The van der Waals surface area contributed by atoms with Crippen LogP contribution in [-0.4, -0.2) is 30.2 Å². The Morgan fingerprint density at radius 1 is 1.03 bits per heavy atom. The highest BCUT2D eigenvalue weighted by atomic mass is 19.2. The van der Waals surface area contributed by atoms with Crippen LogP contribution in [0.2, 0.25) is 0 Å². The number of halogens is 2. The van der Waals surface area contributed by atoms with Crippen LogP contribution >= 0.6 is 0 Å². The molecule has 0 aromatic heterocycles. The van der Waals surface area contributed by atoms with Crippen molar-refractivity contribution in [2.24, 2.45) is 0 Å². The van der Waals surface area contributed by atoms with Gasteiger partial charge in [-0.25, -0.2) is 8.78 Å². The molecule has 2 aliphatic rings. The summed E-state index contributed by atoms with van der Waals surface area (Å²) in [6, 6.07) is 13.0. The third kappa shape index (κ3) is 3.84. The van der Waals surface area contributed by atoms with Gasteiger partial charge in [-0.1, -0.05) is 12.1 Å². The number of benzene rings is 3. The molecule has 1 atom stereocenters. The van der Waals surface area contributed by atoms with Crippen molar-refractivity contribution in [2.45, 2.75) is 13.0 Å². The molecule has 0 bridgehead atoms. The molecule has 9 heteroatoms. The molecule has 178 valence electrons. The van der Waals surface area contributed by atoms with Crippen molar-refractivity contribution in [3.05, 3.63) is 89.0 Å². The zero-order valence-electron chi connectivity index (χ0n) is 18.5. The molecule has 1 unspecified atom stereocenters. The number of ketones is 1. The van der Waals surface area contributed by atoms with Crippen LogP contribution in [-0.2, 0) is 9.59 Å². The van der Waals surface area contributed by atoms with Crippen molar-refractivity contribution in [2.75, 3.05) is 18.3 Å². The summed E-state index contributed by atoms with van der Waals surface area (Å²) in [5, 5.41) is 11.2. The summed E-state index contributed by atoms with van der Waals surface area (Å²) >= 11 is 0. The quantitative estimate of drug-likeness (QED) is 0.324. The maximum absolute atomic E-state index is 14.1. The number of Topliss-reactive ketones (excluding diaryl/α,β-unsaturated/α-hetero) is 1. The number of nitrogens with zero attached hydrogens (tertiary/aromatic N) is 1. The second kappa shape index (κ2) is 8.75. The zero-order valence-corrected chi connectivity index (χ0v) is 18.5. The molecular weight excluding hydrogens is 460 g/mol. The topological polar surface area (TPSA) is 85.3 Å². The highest BCUT2D eigenvalue weighted by Crippen LogP contribution is 2.44. The first kappa shape index (κ1) is 22.4. The molecular formula is C26H19F2NO6. The van der Waals surface area contributed by atoms with Crippen LogP contribution in [0.15, 0.2) is 66.2 Å². The van der Waals surface area contributed by atoms with Gasteiger partial charge < -0.3 is 19.3 Å². The standard InChI is InChI=1S/C26H19F2NO6/c1-2-33-17-5-3-4-14(10-17)23-22(24(30)15-6-9-20-21(11-15)35-13-34-20)25(31)26(32)29(23)16-7-8-18(27)19(28)12-16/h3-12,23,30H,2,13H2,1H3/b24-22-. The van der Waals surface area contributed by atoms with Crippen molar-refractivity contribution in [1.82, 2.24) is 0 Å². The molecule has 2 heterocycles. The van der Waals surface area contributed by atoms with Gasteiger partial charge in [0.05, 0.1) is 18.2 Å². The van der Waals surface area contributed by atoms with Gasteiger partial charge in [0, 0.05) is 17.3 Å². The van der Waals surface area contributed by atoms with Gasteiger partial charge in [0.1, 0.15) is 11.5 Å². The van der Waals surface area contributed by atoms with Crippen LogP contribution in [0, 0.1) is 11.6 Å². The summed E-state index contributed by atoms with van der Waals surface area (Å²) in [4.78, 5) is 27.4. The second-order valence-corrected chi connectivity index (χ2v) is 7.84. The zero-order chi connectivity index (χ0) is 24.7. The van der Waals surface area contributed by atoms with E-state index >= 15 is 0 Å². The lowest BCUT2D eigenvalue weighted by Gasteiger charge is -2.26. The monoisotopic (exact) mass is 479 g/mol. The van der Waals surface area contributed by atoms with Crippen molar-refractivity contribution in [3.8, 4) is 17.2 Å². The number of aliphatic hydroxyl groups is 1. The number of ether oxygens (including phenoxy) is 3. The number of aliphatic hydroxyl groups excluding tert-OH is 1. The maximum Gasteiger partial charge on any atom is 0.300 e. The van der Waals surface area contributed by atoms with Crippen molar-refractivity contribution >= 4 is 23.1 Å². The molecule has 1 fully saturated rings. The normalized spacial score (nSPS) is 18.3. The fourth-order valence-corrected chi connectivity index (χ4v) is 4.19. The highest BCUT2D eigenvalue weighted by molar-refractivity contribution is 6.51. The number of carbonyl (C=O) groups is 2. The highest BCUT2D eigenvalue weighted by Gasteiger charge is 2.47. The Kier molecular flexibility index (Phi) is 5.60. The molecule has 0 spiro atoms. The number of fused-ring (bicyclic) bond motifs is 1. The van der Waals surface area contributed by atoms with Crippen LogP contribution in [0.5, 0.6) is 17.2 Å². The fraction of sp³-hybridized carbons (Fsp3) is 0.154. The van der Waals surface area contributed by atoms with Crippen LogP contribution in [0.25, 0.3) is 5.76 Å². The summed E-state index contributed by atoms with van der Waals surface area (Å²) in [6.45, 7) is 2.20.